The summed E-state index contributed by atoms with van der Waals surface area (Å²) in [5.41, 5.74) is 11.6. The van der Waals surface area contributed by atoms with Crippen molar-refractivity contribution in [2.75, 3.05) is 36.7 Å². The number of rotatable bonds is 6. The Kier molecular flexibility index (Phi) is 5.18. The number of para-hydroxylation sites is 1. The molecule has 2 heterocycles. The summed E-state index contributed by atoms with van der Waals surface area (Å²) >= 11 is 0. The van der Waals surface area contributed by atoms with Gasteiger partial charge in [-0.25, -0.2) is 9.97 Å². The molecular weight excluding hydrogens is 376 g/mol. The molecule has 3 N–H and O–H groups in total. The fourth-order valence-corrected chi connectivity index (χ4v) is 3.59. The minimum Gasteiger partial charge on any atom is -0.494 e. The topological polar surface area (TPSA) is 81.2 Å². The Labute approximate surface area is 176 Å². The summed E-state index contributed by atoms with van der Waals surface area (Å²) < 4.78 is 7.68. The number of fused-ring (bicyclic) bond motifs is 1. The van der Waals surface area contributed by atoms with E-state index in [1.807, 2.05) is 44.4 Å². The van der Waals surface area contributed by atoms with E-state index in [1.54, 1.807) is 13.3 Å². The molecule has 2 aromatic heterocycles. The van der Waals surface area contributed by atoms with Crippen LogP contribution >= 0.6 is 0 Å². The Hall–Kier alpha value is -3.74. The molecule has 0 aliphatic heterocycles. The molecule has 154 valence electrons. The van der Waals surface area contributed by atoms with Gasteiger partial charge in [0.25, 0.3) is 0 Å². The number of ether oxygens (including phenoxy) is 1. The van der Waals surface area contributed by atoms with E-state index in [4.69, 9.17) is 15.5 Å². The molecule has 0 saturated carbocycles. The van der Waals surface area contributed by atoms with Crippen LogP contribution in [-0.4, -0.2) is 35.2 Å². The zero-order valence-corrected chi connectivity index (χ0v) is 17.7. The number of hydrogen-bond acceptors (Lipinski definition) is 6. The molecule has 0 bridgehead atoms. The molecule has 2 aromatic carbocycles. The van der Waals surface area contributed by atoms with E-state index < -0.39 is 0 Å². The highest BCUT2D eigenvalue weighted by atomic mass is 16.5. The van der Waals surface area contributed by atoms with E-state index >= 15 is 0 Å². The first-order valence-electron chi connectivity index (χ1n) is 9.85. The van der Waals surface area contributed by atoms with Crippen molar-refractivity contribution in [3.8, 4) is 17.0 Å². The van der Waals surface area contributed by atoms with Crippen LogP contribution in [0.25, 0.3) is 22.2 Å². The van der Waals surface area contributed by atoms with Crippen molar-refractivity contribution in [3.63, 3.8) is 0 Å². The summed E-state index contributed by atoms with van der Waals surface area (Å²) in [5, 5.41) is 4.41. The molecule has 0 radical (unpaired) electrons. The minimum atomic E-state index is 0.481. The summed E-state index contributed by atoms with van der Waals surface area (Å²) in [4.78, 5) is 11.2. The Balaban J connectivity index is 1.71. The van der Waals surface area contributed by atoms with E-state index in [0.29, 0.717) is 17.4 Å². The zero-order valence-electron chi connectivity index (χ0n) is 17.7. The molecule has 0 aliphatic carbocycles. The first-order valence-corrected chi connectivity index (χ1v) is 9.85. The second kappa shape index (κ2) is 7.94. The first kappa shape index (κ1) is 19.6. The van der Waals surface area contributed by atoms with Crippen molar-refractivity contribution < 1.29 is 4.74 Å². The Morgan fingerprint density at radius 2 is 2.00 bits per heavy atom. The Bertz CT molecular complexity index is 1200. The number of methoxy groups -OCH3 is 1. The maximum absolute atomic E-state index is 6.28. The number of nitrogens with one attached hydrogen (secondary N) is 1. The Morgan fingerprint density at radius 1 is 1.20 bits per heavy atom. The maximum atomic E-state index is 6.28. The van der Waals surface area contributed by atoms with Crippen LogP contribution in [0.5, 0.6) is 5.75 Å². The van der Waals surface area contributed by atoms with Gasteiger partial charge in [0.1, 0.15) is 5.75 Å². The monoisotopic (exact) mass is 402 g/mol. The summed E-state index contributed by atoms with van der Waals surface area (Å²) in [6, 6.07) is 14.0. The first-order chi connectivity index (χ1) is 14.5. The van der Waals surface area contributed by atoms with E-state index in [0.717, 1.165) is 40.1 Å². The van der Waals surface area contributed by atoms with Crippen LogP contribution in [0.1, 0.15) is 6.92 Å². The fraction of sp³-hybridized carbons (Fsp3) is 0.217. The van der Waals surface area contributed by atoms with Gasteiger partial charge in [-0.15, -0.1) is 0 Å². The Morgan fingerprint density at radius 3 is 2.77 bits per heavy atom. The third-order valence-electron chi connectivity index (χ3n) is 5.31. The second-order valence-corrected chi connectivity index (χ2v) is 7.19. The standard InChI is InChI=1S/C23H26N6O/c1-5-28(2)21-13-22(30-4)19(12-17(21)24)27-23-25-11-10-18(26-23)16-14-29(3)20-9-7-6-8-15(16)20/h6-14H,5,24H2,1-4H3,(H,25,26,27). The fourth-order valence-electron chi connectivity index (χ4n) is 3.59. The van der Waals surface area contributed by atoms with Crippen molar-refractivity contribution in [2.45, 2.75) is 6.92 Å². The van der Waals surface area contributed by atoms with E-state index in [9.17, 15) is 0 Å². The smallest absolute Gasteiger partial charge is 0.227 e. The van der Waals surface area contributed by atoms with Gasteiger partial charge < -0.3 is 25.3 Å². The van der Waals surface area contributed by atoms with Crippen molar-refractivity contribution in [1.29, 1.82) is 0 Å². The van der Waals surface area contributed by atoms with Crippen molar-refractivity contribution in [2.24, 2.45) is 7.05 Å². The number of benzene rings is 2. The zero-order chi connectivity index (χ0) is 21.3. The third kappa shape index (κ3) is 3.50. The van der Waals surface area contributed by atoms with E-state index in [2.05, 4.69) is 45.0 Å². The van der Waals surface area contributed by atoms with Crippen LogP contribution in [0, 0.1) is 0 Å². The maximum Gasteiger partial charge on any atom is 0.227 e. The van der Waals surface area contributed by atoms with Crippen molar-refractivity contribution >= 4 is 33.9 Å². The molecule has 7 nitrogen and oxygen atoms in total. The highest BCUT2D eigenvalue weighted by molar-refractivity contribution is 5.95. The van der Waals surface area contributed by atoms with Gasteiger partial charge in [-0.3, -0.25) is 0 Å². The summed E-state index contributed by atoms with van der Waals surface area (Å²) in [6.07, 6.45) is 3.84. The number of aromatic nitrogens is 3. The van der Waals surface area contributed by atoms with Gasteiger partial charge >= 0.3 is 0 Å². The van der Waals surface area contributed by atoms with Gasteiger partial charge in [-0.1, -0.05) is 18.2 Å². The third-order valence-corrected chi connectivity index (χ3v) is 5.31. The van der Waals surface area contributed by atoms with Crippen LogP contribution in [0.3, 0.4) is 0 Å². The van der Waals surface area contributed by atoms with Crippen LogP contribution in [0.4, 0.5) is 23.0 Å². The molecule has 0 atom stereocenters. The summed E-state index contributed by atoms with van der Waals surface area (Å²) in [5.74, 6) is 1.16. The normalized spacial score (nSPS) is 10.9. The van der Waals surface area contributed by atoms with Crippen LogP contribution in [0.15, 0.2) is 54.9 Å². The molecule has 30 heavy (non-hydrogen) atoms. The van der Waals surface area contributed by atoms with Gasteiger partial charge in [-0.05, 0) is 25.1 Å². The van der Waals surface area contributed by atoms with Gasteiger partial charge in [-0.2, -0.15) is 0 Å². The number of nitrogens with two attached hydrogens (primary N) is 1. The summed E-state index contributed by atoms with van der Waals surface area (Å²) in [7, 11) is 5.67. The lowest BCUT2D eigenvalue weighted by atomic mass is 10.1. The molecular formula is C23H26N6O. The average Bonchev–Trinajstić information content (AvgIpc) is 3.10. The predicted molar refractivity (Wildman–Crippen MR) is 124 cm³/mol. The predicted octanol–water partition coefficient (Wildman–Crippen LogP) is 4.43. The van der Waals surface area contributed by atoms with Gasteiger partial charge in [0.15, 0.2) is 0 Å². The van der Waals surface area contributed by atoms with Gasteiger partial charge in [0.05, 0.1) is 29.9 Å². The molecule has 4 rings (SSSR count). The van der Waals surface area contributed by atoms with Crippen molar-refractivity contribution in [3.05, 3.63) is 54.9 Å². The molecule has 0 saturated heterocycles. The van der Waals surface area contributed by atoms with E-state index in [-0.39, 0.29) is 0 Å². The largest absolute Gasteiger partial charge is 0.494 e. The van der Waals surface area contributed by atoms with Crippen molar-refractivity contribution in [1.82, 2.24) is 14.5 Å². The molecule has 0 aliphatic rings. The number of nitrogens with zero attached hydrogens (tertiary/aromatic N) is 4. The lowest BCUT2D eigenvalue weighted by Gasteiger charge is -2.21. The number of aryl methyl sites for hydroxylation is 1. The van der Waals surface area contributed by atoms with E-state index in [1.165, 1.54) is 0 Å². The number of anilines is 4. The average molecular weight is 403 g/mol. The van der Waals surface area contributed by atoms with Crippen LogP contribution in [-0.2, 0) is 7.05 Å². The molecule has 0 amide bonds. The molecule has 0 spiro atoms. The minimum absolute atomic E-state index is 0.481. The lowest BCUT2D eigenvalue weighted by Crippen LogP contribution is -2.17. The van der Waals surface area contributed by atoms with Crippen LogP contribution < -0.4 is 20.7 Å². The summed E-state index contributed by atoms with van der Waals surface area (Å²) in [6.45, 7) is 2.92. The van der Waals surface area contributed by atoms with Gasteiger partial charge in [0, 0.05) is 55.6 Å². The molecule has 4 aromatic rings. The lowest BCUT2D eigenvalue weighted by molar-refractivity contribution is 0.417. The molecule has 0 fully saturated rings. The van der Waals surface area contributed by atoms with Crippen LogP contribution in [0.2, 0.25) is 0 Å². The quantitative estimate of drug-likeness (QED) is 0.465. The molecule has 0 unspecified atom stereocenters. The number of nitrogen functional groups attached to an aromatic ring is 1. The number of hydrogen-bond donors (Lipinski definition) is 2. The SMILES string of the molecule is CCN(C)c1cc(OC)c(Nc2nccc(-c3cn(C)c4ccccc34)n2)cc1N. The van der Waals surface area contributed by atoms with Gasteiger partial charge in [0.2, 0.25) is 5.95 Å². The highest BCUT2D eigenvalue weighted by Gasteiger charge is 2.14. The molecule has 7 heteroatoms. The second-order valence-electron chi connectivity index (χ2n) is 7.19. The highest BCUT2D eigenvalue weighted by Crippen LogP contribution is 2.36.